The molecule has 1 rings (SSSR count). The average molecular weight is 252 g/mol. The summed E-state index contributed by atoms with van der Waals surface area (Å²) in [4.78, 5) is 10.9. The molecule has 18 heavy (non-hydrogen) atoms. The third-order valence-corrected chi connectivity index (χ3v) is 2.63. The number of likely N-dealkylation sites (N-methyl/N-ethyl adjacent to an activating group) is 1. The van der Waals surface area contributed by atoms with E-state index >= 15 is 0 Å². The molecule has 0 aliphatic carbocycles. The fourth-order valence-electron chi connectivity index (χ4n) is 1.54. The largest absolute Gasteiger partial charge is 0.494 e. The van der Waals surface area contributed by atoms with Crippen LogP contribution in [-0.2, 0) is 11.2 Å². The van der Waals surface area contributed by atoms with Crippen LogP contribution in [0.15, 0.2) is 24.3 Å². The Kier molecular flexibility index (Phi) is 6.18. The number of hydrogen-bond acceptors (Lipinski definition) is 4. The van der Waals surface area contributed by atoms with Crippen LogP contribution >= 0.6 is 0 Å². The summed E-state index contributed by atoms with van der Waals surface area (Å²) in [5.41, 5.74) is 6.33. The number of benzene rings is 1. The van der Waals surface area contributed by atoms with Gasteiger partial charge >= 0.3 is 5.97 Å². The van der Waals surface area contributed by atoms with E-state index in [1.807, 2.05) is 24.3 Å². The van der Waals surface area contributed by atoms with Crippen LogP contribution in [0.4, 0.5) is 0 Å². The predicted molar refractivity (Wildman–Crippen MR) is 69.8 cm³/mol. The Hall–Kier alpha value is -1.59. The lowest BCUT2D eigenvalue weighted by molar-refractivity contribution is -0.139. The minimum absolute atomic E-state index is 0.453. The highest BCUT2D eigenvalue weighted by Crippen LogP contribution is 2.13. The van der Waals surface area contributed by atoms with E-state index in [2.05, 4.69) is 5.32 Å². The molecule has 0 unspecified atom stereocenters. The standard InChI is InChI=1S/C13H20N2O3/c1-15-12(13(16)17)9-10-3-5-11(6-4-10)18-8-2-7-14/h3-6,12,15H,2,7-9,14H2,1H3,(H,16,17)/t12-/m0/s1. The van der Waals surface area contributed by atoms with Crippen molar-refractivity contribution in [2.24, 2.45) is 5.73 Å². The van der Waals surface area contributed by atoms with Crippen molar-refractivity contribution in [2.75, 3.05) is 20.2 Å². The molecular formula is C13H20N2O3. The fourth-order valence-corrected chi connectivity index (χ4v) is 1.54. The average Bonchev–Trinajstić information content (AvgIpc) is 2.37. The van der Waals surface area contributed by atoms with Crippen LogP contribution in [0.2, 0.25) is 0 Å². The lowest BCUT2D eigenvalue weighted by Crippen LogP contribution is -2.35. The summed E-state index contributed by atoms with van der Waals surface area (Å²) < 4.78 is 5.47. The summed E-state index contributed by atoms with van der Waals surface area (Å²) in [6.45, 7) is 1.21. The van der Waals surface area contributed by atoms with Crippen molar-refractivity contribution >= 4 is 5.97 Å². The molecule has 1 aromatic carbocycles. The van der Waals surface area contributed by atoms with E-state index < -0.39 is 12.0 Å². The SMILES string of the molecule is CN[C@@H](Cc1ccc(OCCCN)cc1)C(=O)O. The van der Waals surface area contributed by atoms with E-state index in [4.69, 9.17) is 15.6 Å². The van der Waals surface area contributed by atoms with Gasteiger partial charge in [-0.25, -0.2) is 0 Å². The number of carboxylic acids is 1. The van der Waals surface area contributed by atoms with Gasteiger partial charge in [0.25, 0.3) is 0 Å². The van der Waals surface area contributed by atoms with Gasteiger partial charge in [-0.1, -0.05) is 12.1 Å². The number of carbonyl (C=O) groups is 1. The Balaban J connectivity index is 2.51. The zero-order valence-corrected chi connectivity index (χ0v) is 10.6. The van der Waals surface area contributed by atoms with Crippen molar-refractivity contribution in [3.05, 3.63) is 29.8 Å². The second kappa shape index (κ2) is 7.68. The number of hydrogen-bond donors (Lipinski definition) is 3. The Bertz CT molecular complexity index is 365. The smallest absolute Gasteiger partial charge is 0.321 e. The van der Waals surface area contributed by atoms with Crippen LogP contribution < -0.4 is 15.8 Å². The van der Waals surface area contributed by atoms with Crippen LogP contribution in [0.25, 0.3) is 0 Å². The topological polar surface area (TPSA) is 84.6 Å². The molecule has 1 aromatic rings. The van der Waals surface area contributed by atoms with Crippen molar-refractivity contribution in [3.8, 4) is 5.75 Å². The summed E-state index contributed by atoms with van der Waals surface area (Å²) >= 11 is 0. The first-order valence-electron chi connectivity index (χ1n) is 5.99. The first-order valence-corrected chi connectivity index (χ1v) is 5.99. The molecule has 0 aliphatic heterocycles. The lowest BCUT2D eigenvalue weighted by atomic mass is 10.1. The summed E-state index contributed by atoms with van der Waals surface area (Å²) in [5, 5.41) is 11.7. The maximum absolute atomic E-state index is 10.9. The molecule has 0 spiro atoms. The Morgan fingerprint density at radius 3 is 2.61 bits per heavy atom. The molecule has 0 fully saturated rings. The van der Waals surface area contributed by atoms with E-state index in [-0.39, 0.29) is 0 Å². The van der Waals surface area contributed by atoms with E-state index in [0.717, 1.165) is 17.7 Å². The number of ether oxygens (including phenoxy) is 1. The van der Waals surface area contributed by atoms with Gasteiger partial charge in [0.1, 0.15) is 11.8 Å². The third kappa shape index (κ3) is 4.73. The van der Waals surface area contributed by atoms with Gasteiger partial charge in [0.2, 0.25) is 0 Å². The quantitative estimate of drug-likeness (QED) is 0.591. The van der Waals surface area contributed by atoms with Crippen LogP contribution in [0, 0.1) is 0 Å². The van der Waals surface area contributed by atoms with Gasteiger partial charge in [-0.05, 0) is 44.1 Å². The van der Waals surface area contributed by atoms with Crippen molar-refractivity contribution in [1.82, 2.24) is 5.32 Å². The summed E-state index contributed by atoms with van der Waals surface area (Å²) in [6, 6.07) is 6.89. The Labute approximate surface area is 107 Å². The zero-order chi connectivity index (χ0) is 13.4. The molecule has 0 amide bonds. The van der Waals surface area contributed by atoms with Gasteiger partial charge in [-0.2, -0.15) is 0 Å². The third-order valence-electron chi connectivity index (χ3n) is 2.63. The molecule has 0 bridgehead atoms. The molecule has 0 saturated heterocycles. The Morgan fingerprint density at radius 2 is 2.11 bits per heavy atom. The monoisotopic (exact) mass is 252 g/mol. The molecule has 4 N–H and O–H groups in total. The van der Waals surface area contributed by atoms with E-state index in [1.54, 1.807) is 7.05 Å². The number of rotatable bonds is 8. The van der Waals surface area contributed by atoms with E-state index in [0.29, 0.717) is 19.6 Å². The van der Waals surface area contributed by atoms with Gasteiger partial charge in [0.15, 0.2) is 0 Å². The zero-order valence-electron chi connectivity index (χ0n) is 10.6. The first-order chi connectivity index (χ1) is 8.67. The van der Waals surface area contributed by atoms with E-state index in [1.165, 1.54) is 0 Å². The molecule has 5 nitrogen and oxygen atoms in total. The van der Waals surface area contributed by atoms with Gasteiger partial charge in [-0.15, -0.1) is 0 Å². The van der Waals surface area contributed by atoms with Gasteiger partial charge in [0.05, 0.1) is 6.61 Å². The van der Waals surface area contributed by atoms with E-state index in [9.17, 15) is 4.79 Å². The molecule has 0 aromatic heterocycles. The lowest BCUT2D eigenvalue weighted by Gasteiger charge is -2.11. The maximum atomic E-state index is 10.9. The molecular weight excluding hydrogens is 232 g/mol. The first kappa shape index (κ1) is 14.5. The predicted octanol–water partition coefficient (Wildman–Crippen LogP) is 0.629. The van der Waals surface area contributed by atoms with Gasteiger partial charge in [0, 0.05) is 0 Å². The summed E-state index contributed by atoms with van der Waals surface area (Å²) in [7, 11) is 1.64. The normalized spacial score (nSPS) is 12.1. The van der Waals surface area contributed by atoms with Crippen molar-refractivity contribution in [3.63, 3.8) is 0 Å². The number of carboxylic acid groups (broad SMARTS) is 1. The summed E-state index contributed by atoms with van der Waals surface area (Å²) in [5.74, 6) is -0.0655. The highest BCUT2D eigenvalue weighted by atomic mass is 16.5. The summed E-state index contributed by atoms with van der Waals surface area (Å²) in [6.07, 6.45) is 1.28. The van der Waals surface area contributed by atoms with Crippen LogP contribution in [0.1, 0.15) is 12.0 Å². The van der Waals surface area contributed by atoms with Crippen LogP contribution in [0.5, 0.6) is 5.75 Å². The van der Waals surface area contributed by atoms with Crippen molar-refractivity contribution in [2.45, 2.75) is 18.9 Å². The highest BCUT2D eigenvalue weighted by Gasteiger charge is 2.14. The molecule has 0 saturated carbocycles. The molecule has 0 radical (unpaired) electrons. The second-order valence-corrected chi connectivity index (χ2v) is 4.02. The molecule has 5 heteroatoms. The number of nitrogens with two attached hydrogens (primary N) is 1. The number of nitrogens with one attached hydrogen (secondary N) is 1. The van der Waals surface area contributed by atoms with Gasteiger partial charge in [-0.3, -0.25) is 4.79 Å². The maximum Gasteiger partial charge on any atom is 0.321 e. The van der Waals surface area contributed by atoms with Crippen molar-refractivity contribution in [1.29, 1.82) is 0 Å². The van der Waals surface area contributed by atoms with Crippen LogP contribution in [-0.4, -0.2) is 37.3 Å². The minimum atomic E-state index is -0.847. The molecule has 0 heterocycles. The molecule has 1 atom stereocenters. The number of aliphatic carboxylic acids is 1. The molecule has 100 valence electrons. The molecule has 0 aliphatic rings. The minimum Gasteiger partial charge on any atom is -0.494 e. The second-order valence-electron chi connectivity index (χ2n) is 4.02. The highest BCUT2D eigenvalue weighted by molar-refractivity contribution is 5.73. The van der Waals surface area contributed by atoms with Gasteiger partial charge < -0.3 is 20.9 Å². The fraction of sp³-hybridized carbons (Fsp3) is 0.462. The Morgan fingerprint density at radius 1 is 1.44 bits per heavy atom. The van der Waals surface area contributed by atoms with Crippen molar-refractivity contribution < 1.29 is 14.6 Å². The van der Waals surface area contributed by atoms with Crippen LogP contribution in [0.3, 0.4) is 0 Å².